The van der Waals surface area contributed by atoms with Crippen molar-refractivity contribution in [2.45, 2.75) is 91.3 Å². The van der Waals surface area contributed by atoms with Crippen molar-refractivity contribution in [2.75, 3.05) is 32.7 Å². The number of likely N-dealkylation sites (tertiary alicyclic amines) is 1. The summed E-state index contributed by atoms with van der Waals surface area (Å²) in [4.78, 5) is 19.4. The Labute approximate surface area is 172 Å². The molecule has 0 aromatic rings. The van der Waals surface area contributed by atoms with Gasteiger partial charge in [0, 0.05) is 25.7 Å². The lowest BCUT2D eigenvalue weighted by atomic mass is 10.1. The standard InChI is InChI=1S/C21H43N5O2/c1-7-10-18(25-20(27)28-21(4,5)6)16-23-19(22-9-3)24-17-11-14-26(13-8-2)15-12-17/h17-18H,7-16H2,1-6H3,(H,25,27)(H2,22,23,24). The number of aliphatic imine (C=N–C) groups is 1. The minimum absolute atomic E-state index is 0.0262. The number of amides is 1. The van der Waals surface area contributed by atoms with Gasteiger partial charge in [-0.15, -0.1) is 0 Å². The molecule has 164 valence electrons. The Balaban J connectivity index is 2.58. The van der Waals surface area contributed by atoms with Crippen molar-refractivity contribution in [3.8, 4) is 0 Å². The Morgan fingerprint density at radius 2 is 1.86 bits per heavy atom. The van der Waals surface area contributed by atoms with E-state index in [0.29, 0.717) is 12.6 Å². The quantitative estimate of drug-likeness (QED) is 0.412. The molecule has 0 aliphatic carbocycles. The number of carbonyl (C=O) groups is 1. The van der Waals surface area contributed by atoms with Gasteiger partial charge in [0.2, 0.25) is 0 Å². The zero-order valence-electron chi connectivity index (χ0n) is 18.9. The van der Waals surface area contributed by atoms with Crippen LogP contribution in [0, 0.1) is 0 Å². The van der Waals surface area contributed by atoms with Crippen LogP contribution < -0.4 is 16.0 Å². The van der Waals surface area contributed by atoms with Crippen LogP contribution in [-0.4, -0.2) is 67.4 Å². The van der Waals surface area contributed by atoms with Crippen LogP contribution in [-0.2, 0) is 4.74 Å². The third-order valence-electron chi connectivity index (χ3n) is 4.64. The maximum Gasteiger partial charge on any atom is 0.407 e. The zero-order valence-corrected chi connectivity index (χ0v) is 18.9. The molecule has 1 unspecified atom stereocenters. The largest absolute Gasteiger partial charge is 0.444 e. The van der Waals surface area contributed by atoms with Gasteiger partial charge in [0.15, 0.2) is 5.96 Å². The molecule has 1 rings (SSSR count). The number of ether oxygens (including phenoxy) is 1. The first kappa shape index (κ1) is 24.5. The number of alkyl carbamates (subject to hydrolysis) is 1. The lowest BCUT2D eigenvalue weighted by Crippen LogP contribution is -2.49. The first-order valence-corrected chi connectivity index (χ1v) is 11.0. The number of hydrogen-bond acceptors (Lipinski definition) is 4. The van der Waals surface area contributed by atoms with Crippen LogP contribution in [0.15, 0.2) is 4.99 Å². The molecular weight excluding hydrogens is 354 g/mol. The minimum Gasteiger partial charge on any atom is -0.444 e. The fourth-order valence-corrected chi connectivity index (χ4v) is 3.36. The molecule has 0 aromatic carbocycles. The molecular formula is C21H43N5O2. The fraction of sp³-hybridized carbons (Fsp3) is 0.905. The van der Waals surface area contributed by atoms with Crippen molar-refractivity contribution in [3.63, 3.8) is 0 Å². The van der Waals surface area contributed by atoms with Crippen LogP contribution in [0.4, 0.5) is 4.79 Å². The first-order chi connectivity index (χ1) is 13.3. The molecule has 0 radical (unpaired) electrons. The minimum atomic E-state index is -0.493. The number of hydrogen-bond donors (Lipinski definition) is 3. The van der Waals surface area contributed by atoms with E-state index >= 15 is 0 Å². The third-order valence-corrected chi connectivity index (χ3v) is 4.64. The third kappa shape index (κ3) is 10.7. The summed E-state index contributed by atoms with van der Waals surface area (Å²) in [6.45, 7) is 16.9. The molecule has 28 heavy (non-hydrogen) atoms. The number of rotatable bonds is 9. The van der Waals surface area contributed by atoms with Crippen LogP contribution >= 0.6 is 0 Å². The highest BCUT2D eigenvalue weighted by Crippen LogP contribution is 2.11. The van der Waals surface area contributed by atoms with Crippen molar-refractivity contribution in [1.29, 1.82) is 0 Å². The number of nitrogens with one attached hydrogen (secondary N) is 3. The summed E-state index contributed by atoms with van der Waals surface area (Å²) in [7, 11) is 0. The predicted octanol–water partition coefficient (Wildman–Crippen LogP) is 3.11. The lowest BCUT2D eigenvalue weighted by molar-refractivity contribution is 0.0503. The second-order valence-corrected chi connectivity index (χ2v) is 8.61. The van der Waals surface area contributed by atoms with E-state index in [9.17, 15) is 4.79 Å². The number of carbonyl (C=O) groups excluding carboxylic acids is 1. The van der Waals surface area contributed by atoms with Gasteiger partial charge in [-0.3, -0.25) is 4.99 Å². The molecule has 3 N–H and O–H groups in total. The van der Waals surface area contributed by atoms with Gasteiger partial charge in [-0.05, 0) is 59.9 Å². The zero-order chi connectivity index (χ0) is 21.0. The second kappa shape index (κ2) is 12.9. The van der Waals surface area contributed by atoms with Crippen LogP contribution in [0.3, 0.4) is 0 Å². The lowest BCUT2D eigenvalue weighted by Gasteiger charge is -2.33. The Bertz CT molecular complexity index is 468. The smallest absolute Gasteiger partial charge is 0.407 e. The van der Waals surface area contributed by atoms with Gasteiger partial charge in [-0.1, -0.05) is 20.3 Å². The monoisotopic (exact) mass is 397 g/mol. The molecule has 1 fully saturated rings. The molecule has 1 atom stereocenters. The van der Waals surface area contributed by atoms with Gasteiger partial charge in [0.1, 0.15) is 5.60 Å². The molecule has 1 saturated heterocycles. The summed E-state index contributed by atoms with van der Waals surface area (Å²) in [5.41, 5.74) is -0.493. The van der Waals surface area contributed by atoms with Gasteiger partial charge < -0.3 is 25.6 Å². The van der Waals surface area contributed by atoms with Gasteiger partial charge >= 0.3 is 6.09 Å². The maximum absolute atomic E-state index is 12.1. The van der Waals surface area contributed by atoms with Gasteiger partial charge in [0.05, 0.1) is 12.6 Å². The molecule has 0 aromatic heterocycles. The molecule has 7 nitrogen and oxygen atoms in total. The molecule has 1 heterocycles. The van der Waals surface area contributed by atoms with Crippen molar-refractivity contribution in [2.24, 2.45) is 4.99 Å². The summed E-state index contributed by atoms with van der Waals surface area (Å²) in [5, 5.41) is 9.88. The Kier molecular flexibility index (Phi) is 11.3. The van der Waals surface area contributed by atoms with E-state index in [0.717, 1.165) is 51.3 Å². The Morgan fingerprint density at radius 1 is 1.18 bits per heavy atom. The normalized spacial score (nSPS) is 17.9. The number of piperidine rings is 1. The van der Waals surface area contributed by atoms with Crippen LogP contribution in [0.2, 0.25) is 0 Å². The molecule has 0 bridgehead atoms. The summed E-state index contributed by atoms with van der Waals surface area (Å²) < 4.78 is 5.39. The average Bonchev–Trinajstić information content (AvgIpc) is 2.60. The van der Waals surface area contributed by atoms with E-state index in [2.05, 4.69) is 41.6 Å². The Hall–Kier alpha value is -1.50. The van der Waals surface area contributed by atoms with Crippen molar-refractivity contribution in [3.05, 3.63) is 0 Å². The summed E-state index contributed by atoms with van der Waals surface area (Å²) in [6.07, 6.45) is 4.97. The molecule has 1 aliphatic rings. The SMILES string of the molecule is CCCC(CN=C(NCC)NC1CCN(CCC)CC1)NC(=O)OC(C)(C)C. The Morgan fingerprint density at radius 3 is 2.39 bits per heavy atom. The molecule has 7 heteroatoms. The molecule has 1 amide bonds. The van der Waals surface area contributed by atoms with Gasteiger partial charge in [0.25, 0.3) is 0 Å². The predicted molar refractivity (Wildman–Crippen MR) is 117 cm³/mol. The van der Waals surface area contributed by atoms with Gasteiger partial charge in [-0.2, -0.15) is 0 Å². The van der Waals surface area contributed by atoms with E-state index in [1.807, 2.05) is 20.8 Å². The molecule has 0 spiro atoms. The second-order valence-electron chi connectivity index (χ2n) is 8.61. The fourth-order valence-electron chi connectivity index (χ4n) is 3.36. The van der Waals surface area contributed by atoms with E-state index in [-0.39, 0.29) is 12.1 Å². The maximum atomic E-state index is 12.1. The average molecular weight is 398 g/mol. The van der Waals surface area contributed by atoms with Crippen LogP contribution in [0.25, 0.3) is 0 Å². The number of guanidine groups is 1. The highest BCUT2D eigenvalue weighted by molar-refractivity contribution is 5.80. The first-order valence-electron chi connectivity index (χ1n) is 11.0. The highest BCUT2D eigenvalue weighted by Gasteiger charge is 2.21. The summed E-state index contributed by atoms with van der Waals surface area (Å²) in [6, 6.07) is 0.427. The molecule has 0 saturated carbocycles. The van der Waals surface area contributed by atoms with Crippen LogP contribution in [0.5, 0.6) is 0 Å². The summed E-state index contributed by atoms with van der Waals surface area (Å²) in [5.74, 6) is 0.837. The van der Waals surface area contributed by atoms with E-state index < -0.39 is 5.60 Å². The van der Waals surface area contributed by atoms with Gasteiger partial charge in [-0.25, -0.2) is 4.79 Å². The van der Waals surface area contributed by atoms with E-state index in [1.165, 1.54) is 13.0 Å². The van der Waals surface area contributed by atoms with Crippen molar-refractivity contribution < 1.29 is 9.53 Å². The van der Waals surface area contributed by atoms with E-state index in [4.69, 9.17) is 9.73 Å². The highest BCUT2D eigenvalue weighted by atomic mass is 16.6. The topological polar surface area (TPSA) is 78.0 Å². The summed E-state index contributed by atoms with van der Waals surface area (Å²) >= 11 is 0. The number of nitrogens with zero attached hydrogens (tertiary/aromatic N) is 2. The molecule has 1 aliphatic heterocycles. The van der Waals surface area contributed by atoms with Crippen LogP contribution in [0.1, 0.15) is 73.6 Å². The van der Waals surface area contributed by atoms with E-state index in [1.54, 1.807) is 0 Å². The van der Waals surface area contributed by atoms with Crippen molar-refractivity contribution in [1.82, 2.24) is 20.9 Å². The van der Waals surface area contributed by atoms with Crippen molar-refractivity contribution >= 4 is 12.1 Å².